The zero-order chi connectivity index (χ0) is 27.4. The van der Waals surface area contributed by atoms with E-state index in [4.69, 9.17) is 24.4 Å². The normalized spacial score (nSPS) is 15.6. The number of rotatable bonds is 9. The second kappa shape index (κ2) is 11.4. The number of carbonyl (C=O) groups is 1. The average molecular weight is 543 g/mol. The summed E-state index contributed by atoms with van der Waals surface area (Å²) in [4.78, 5) is 17.0. The van der Waals surface area contributed by atoms with Crippen molar-refractivity contribution < 1.29 is 23.7 Å². The number of hydrazone groups is 1. The Morgan fingerprint density at radius 3 is 2.41 bits per heavy atom. The van der Waals surface area contributed by atoms with E-state index in [9.17, 15) is 4.79 Å². The van der Waals surface area contributed by atoms with E-state index in [1.54, 1.807) is 38.5 Å². The number of amidine groups is 2. The first-order chi connectivity index (χ1) is 19.0. The third-order valence-corrected chi connectivity index (χ3v) is 6.94. The maximum absolute atomic E-state index is 12.8. The van der Waals surface area contributed by atoms with Gasteiger partial charge in [-0.1, -0.05) is 30.3 Å². The summed E-state index contributed by atoms with van der Waals surface area (Å²) < 4.78 is 22.2. The third kappa shape index (κ3) is 5.65. The lowest BCUT2D eigenvalue weighted by Crippen LogP contribution is -2.35. The van der Waals surface area contributed by atoms with Crippen LogP contribution < -0.4 is 18.9 Å². The molecular formula is C29H26N4O5S. The van der Waals surface area contributed by atoms with Crippen molar-refractivity contribution in [3.63, 3.8) is 0 Å². The van der Waals surface area contributed by atoms with Crippen molar-refractivity contribution in [2.24, 2.45) is 10.1 Å². The minimum atomic E-state index is -0.491. The quantitative estimate of drug-likeness (QED) is 0.295. The Morgan fingerprint density at radius 1 is 0.923 bits per heavy atom. The van der Waals surface area contributed by atoms with E-state index >= 15 is 0 Å². The second-order valence-corrected chi connectivity index (χ2v) is 9.48. The van der Waals surface area contributed by atoms with Gasteiger partial charge in [-0.2, -0.15) is 15.1 Å². The Morgan fingerprint density at radius 2 is 1.67 bits per heavy atom. The van der Waals surface area contributed by atoms with Crippen LogP contribution in [0.3, 0.4) is 0 Å². The van der Waals surface area contributed by atoms with E-state index in [1.807, 2.05) is 55.5 Å². The summed E-state index contributed by atoms with van der Waals surface area (Å²) in [6, 6.07) is 20.4. The molecule has 0 saturated carbocycles. The molecule has 1 amide bonds. The number of amides is 1. The van der Waals surface area contributed by atoms with Gasteiger partial charge in [0.05, 0.1) is 19.8 Å². The molecule has 5 rings (SSSR count). The van der Waals surface area contributed by atoms with Crippen LogP contribution in [0.25, 0.3) is 6.08 Å². The lowest BCUT2D eigenvalue weighted by atomic mass is 10.1. The summed E-state index contributed by atoms with van der Waals surface area (Å²) in [5.41, 5.74) is 2.80. The number of fused-ring (bicyclic) bond motifs is 1. The van der Waals surface area contributed by atoms with Gasteiger partial charge in [-0.15, -0.1) is 0 Å². The predicted molar refractivity (Wildman–Crippen MR) is 152 cm³/mol. The molecule has 3 aromatic rings. The summed E-state index contributed by atoms with van der Waals surface area (Å²) >= 11 is 1.28. The van der Waals surface area contributed by atoms with Gasteiger partial charge in [-0.3, -0.25) is 10.2 Å². The Bertz CT molecular complexity index is 1510. The number of aryl methyl sites for hydroxylation is 1. The van der Waals surface area contributed by atoms with Gasteiger partial charge in [0, 0.05) is 5.56 Å². The van der Waals surface area contributed by atoms with Crippen LogP contribution in [0, 0.1) is 12.3 Å². The standard InChI is InChI=1S/C29H26N4O5S/c1-18-6-4-5-7-22(18)28-32-33-26(30)23(27(34)31-29(33)39-28)16-19-8-13-24(25(17-19)36-3)38-15-14-37-21-11-9-20(35-2)10-12-21/h4-13,16-17,30H,14-15H2,1-3H3/b23-16+,30-26?. The molecule has 10 heteroatoms. The number of carbonyl (C=O) groups excluding carboxylic acids is 1. The molecule has 1 N–H and O–H groups in total. The molecule has 2 aliphatic rings. The van der Waals surface area contributed by atoms with Crippen LogP contribution in [0.2, 0.25) is 0 Å². The fourth-order valence-corrected chi connectivity index (χ4v) is 4.94. The molecular weight excluding hydrogens is 516 g/mol. The van der Waals surface area contributed by atoms with Crippen molar-refractivity contribution in [3.05, 3.63) is 89.0 Å². The summed E-state index contributed by atoms with van der Waals surface area (Å²) in [6.45, 7) is 2.64. The summed E-state index contributed by atoms with van der Waals surface area (Å²) in [6.07, 6.45) is 1.61. The number of nitrogens with one attached hydrogen (secondary N) is 1. The van der Waals surface area contributed by atoms with Crippen molar-refractivity contribution in [3.8, 4) is 23.0 Å². The van der Waals surface area contributed by atoms with Gasteiger partial charge in [-0.25, -0.2) is 0 Å². The van der Waals surface area contributed by atoms with Gasteiger partial charge >= 0.3 is 0 Å². The highest BCUT2D eigenvalue weighted by Gasteiger charge is 2.36. The van der Waals surface area contributed by atoms with E-state index in [0.29, 0.717) is 46.2 Å². The third-order valence-electron chi connectivity index (χ3n) is 6.00. The maximum atomic E-state index is 12.8. The van der Waals surface area contributed by atoms with E-state index in [-0.39, 0.29) is 11.4 Å². The molecule has 2 aliphatic heterocycles. The fraction of sp³-hybridized carbons (Fsp3) is 0.172. The lowest BCUT2D eigenvalue weighted by Gasteiger charge is -2.20. The molecule has 0 fully saturated rings. The van der Waals surface area contributed by atoms with Gasteiger partial charge in [0.1, 0.15) is 29.8 Å². The number of aliphatic imine (C=N–C) groups is 1. The molecule has 39 heavy (non-hydrogen) atoms. The first kappa shape index (κ1) is 26.1. The molecule has 9 nitrogen and oxygen atoms in total. The van der Waals surface area contributed by atoms with Gasteiger partial charge in [0.25, 0.3) is 5.91 Å². The Kier molecular flexibility index (Phi) is 7.64. The van der Waals surface area contributed by atoms with Crippen LogP contribution in [0.4, 0.5) is 0 Å². The first-order valence-corrected chi connectivity index (χ1v) is 12.9. The predicted octanol–water partition coefficient (Wildman–Crippen LogP) is 5.14. The smallest absolute Gasteiger partial charge is 0.283 e. The van der Waals surface area contributed by atoms with Gasteiger partial charge in [-0.05, 0) is 72.3 Å². The summed E-state index contributed by atoms with van der Waals surface area (Å²) in [7, 11) is 3.16. The van der Waals surface area contributed by atoms with Gasteiger partial charge in [0.2, 0.25) is 5.17 Å². The topological polar surface area (TPSA) is 106 Å². The number of methoxy groups -OCH3 is 2. The zero-order valence-electron chi connectivity index (χ0n) is 21.6. The van der Waals surface area contributed by atoms with Crippen LogP contribution in [0.1, 0.15) is 16.7 Å². The maximum Gasteiger partial charge on any atom is 0.283 e. The minimum absolute atomic E-state index is 0.0314. The van der Waals surface area contributed by atoms with Crippen molar-refractivity contribution in [2.45, 2.75) is 6.92 Å². The van der Waals surface area contributed by atoms with Crippen LogP contribution >= 0.6 is 11.8 Å². The highest BCUT2D eigenvalue weighted by Crippen LogP contribution is 2.33. The highest BCUT2D eigenvalue weighted by molar-refractivity contribution is 8.27. The largest absolute Gasteiger partial charge is 0.497 e. The molecule has 0 aromatic heterocycles. The van der Waals surface area contributed by atoms with E-state index in [2.05, 4.69) is 10.1 Å². The van der Waals surface area contributed by atoms with Gasteiger partial charge < -0.3 is 18.9 Å². The Hall–Kier alpha value is -4.57. The average Bonchev–Trinajstić information content (AvgIpc) is 3.38. The number of nitrogens with zero attached hydrogens (tertiary/aromatic N) is 3. The van der Waals surface area contributed by atoms with Crippen LogP contribution in [-0.4, -0.2) is 54.4 Å². The first-order valence-electron chi connectivity index (χ1n) is 12.1. The van der Waals surface area contributed by atoms with Crippen molar-refractivity contribution in [1.29, 1.82) is 5.41 Å². The highest BCUT2D eigenvalue weighted by atomic mass is 32.2. The van der Waals surface area contributed by atoms with E-state index in [1.165, 1.54) is 16.8 Å². The zero-order valence-corrected chi connectivity index (χ0v) is 22.5. The van der Waals surface area contributed by atoms with E-state index in [0.717, 1.165) is 16.9 Å². The van der Waals surface area contributed by atoms with Crippen molar-refractivity contribution >= 4 is 39.8 Å². The molecule has 2 heterocycles. The summed E-state index contributed by atoms with van der Waals surface area (Å²) in [5.74, 6) is 1.97. The van der Waals surface area contributed by atoms with Crippen LogP contribution in [0.5, 0.6) is 23.0 Å². The molecule has 0 atom stereocenters. The molecule has 0 bridgehead atoms. The minimum Gasteiger partial charge on any atom is -0.497 e. The molecule has 0 spiro atoms. The van der Waals surface area contributed by atoms with Crippen LogP contribution in [0.15, 0.2) is 82.4 Å². The van der Waals surface area contributed by atoms with E-state index < -0.39 is 5.91 Å². The summed E-state index contributed by atoms with van der Waals surface area (Å²) in [5, 5.41) is 15.7. The van der Waals surface area contributed by atoms with Crippen LogP contribution in [-0.2, 0) is 4.79 Å². The molecule has 198 valence electrons. The molecule has 0 radical (unpaired) electrons. The molecule has 3 aromatic carbocycles. The molecule has 0 aliphatic carbocycles. The SMILES string of the molecule is COc1ccc(OCCOc2ccc(/C=C3\C(=N)N4N=C(c5ccccc5C)SC4=NC3=O)cc2OC)cc1. The number of hydrogen-bond donors (Lipinski definition) is 1. The molecule has 0 saturated heterocycles. The second-order valence-electron chi connectivity index (χ2n) is 8.52. The monoisotopic (exact) mass is 542 g/mol. The Labute approximate surface area is 230 Å². The van der Waals surface area contributed by atoms with Crippen molar-refractivity contribution in [1.82, 2.24) is 5.01 Å². The molecule has 0 unspecified atom stereocenters. The fourth-order valence-electron chi connectivity index (χ4n) is 3.96. The lowest BCUT2D eigenvalue weighted by molar-refractivity contribution is -0.114. The number of ether oxygens (including phenoxy) is 4. The number of benzene rings is 3. The number of hydrogen-bond acceptors (Lipinski definition) is 8. The number of thioether (sulfide) groups is 1. The van der Waals surface area contributed by atoms with Gasteiger partial charge in [0.15, 0.2) is 17.3 Å². The van der Waals surface area contributed by atoms with Crippen molar-refractivity contribution in [2.75, 3.05) is 27.4 Å². The Balaban J connectivity index is 1.27.